The van der Waals surface area contributed by atoms with E-state index in [4.69, 9.17) is 29.0 Å². The minimum Gasteiger partial charge on any atom is -0.335 e. The molecule has 0 atom stereocenters. The molecular weight excluding hydrogens is 412 g/mol. The van der Waals surface area contributed by atoms with E-state index in [2.05, 4.69) is 10.2 Å². The Bertz CT molecular complexity index is 855. The van der Waals surface area contributed by atoms with Crippen LogP contribution < -0.4 is 5.84 Å². The zero-order valence-corrected chi connectivity index (χ0v) is 14.7. The Labute approximate surface area is 149 Å². The molecule has 13 heteroatoms. The lowest BCUT2D eigenvalue weighted by molar-refractivity contribution is -0.146. The summed E-state index contributed by atoms with van der Waals surface area (Å²) in [5.74, 6) is 3.39. The summed E-state index contributed by atoms with van der Waals surface area (Å²) in [6, 6.07) is 3.99. The molecule has 0 spiro atoms. The minimum atomic E-state index is -4.75. The zero-order valence-electron chi connectivity index (χ0n) is 11.6. The topological polar surface area (TPSA) is 90.9 Å². The first-order valence-corrected chi connectivity index (χ1v) is 9.50. The van der Waals surface area contributed by atoms with Crippen LogP contribution in [0.15, 0.2) is 28.3 Å². The van der Waals surface area contributed by atoms with Crippen molar-refractivity contribution in [2.45, 2.75) is 16.2 Å². The molecule has 1 heterocycles. The third kappa shape index (κ3) is 4.26. The number of halogens is 5. The number of hydrogen-bond acceptors (Lipinski definition) is 6. The molecular formula is C11H9Cl2F3N4O2S2. The molecule has 24 heavy (non-hydrogen) atoms. The summed E-state index contributed by atoms with van der Waals surface area (Å²) in [7, 11) is -3.78. The molecule has 0 saturated carbocycles. The molecule has 2 N–H and O–H groups in total. The Morgan fingerprint density at radius 1 is 1.25 bits per heavy atom. The van der Waals surface area contributed by atoms with Crippen molar-refractivity contribution in [2.75, 3.05) is 17.3 Å². The van der Waals surface area contributed by atoms with E-state index in [0.29, 0.717) is 0 Å². The highest BCUT2D eigenvalue weighted by Gasteiger charge is 2.38. The zero-order chi connectivity index (χ0) is 18.1. The summed E-state index contributed by atoms with van der Waals surface area (Å²) in [5, 5.41) is 6.18. The fourth-order valence-corrected chi connectivity index (χ4v) is 4.95. The van der Waals surface area contributed by atoms with Gasteiger partial charge in [0.15, 0.2) is 9.84 Å². The van der Waals surface area contributed by atoms with Gasteiger partial charge in [0.2, 0.25) is 5.16 Å². The molecule has 2 rings (SSSR count). The van der Waals surface area contributed by atoms with Crippen molar-refractivity contribution in [2.24, 2.45) is 0 Å². The first kappa shape index (κ1) is 19.2. The number of hydrogen-bond donors (Lipinski definition) is 1. The number of sulfone groups is 1. The quantitative estimate of drug-likeness (QED) is 0.590. The van der Waals surface area contributed by atoms with Gasteiger partial charge in [0.05, 0.1) is 15.7 Å². The van der Waals surface area contributed by atoms with Crippen LogP contribution in [0.2, 0.25) is 10.0 Å². The van der Waals surface area contributed by atoms with Crippen LogP contribution in [0.25, 0.3) is 0 Å². The van der Waals surface area contributed by atoms with E-state index in [-0.39, 0.29) is 30.5 Å². The number of thioether (sulfide) groups is 1. The Hall–Kier alpha value is -1.17. The molecule has 0 amide bonds. The Morgan fingerprint density at radius 3 is 2.50 bits per heavy atom. The average molecular weight is 421 g/mol. The van der Waals surface area contributed by atoms with Crippen LogP contribution in [-0.4, -0.2) is 34.8 Å². The first-order valence-electron chi connectivity index (χ1n) is 6.10. The Kier molecular flexibility index (Phi) is 5.57. The maximum absolute atomic E-state index is 12.5. The molecule has 0 unspecified atom stereocenters. The van der Waals surface area contributed by atoms with Gasteiger partial charge in [-0.2, -0.15) is 13.2 Å². The second-order valence-electron chi connectivity index (χ2n) is 4.42. The number of nitrogens with two attached hydrogens (primary N) is 1. The van der Waals surface area contributed by atoms with Gasteiger partial charge in [0.1, 0.15) is 0 Å². The number of rotatable bonds is 5. The predicted molar refractivity (Wildman–Crippen MR) is 84.4 cm³/mol. The summed E-state index contributed by atoms with van der Waals surface area (Å²) in [5.41, 5.74) is 0. The highest BCUT2D eigenvalue weighted by molar-refractivity contribution is 8.00. The van der Waals surface area contributed by atoms with Gasteiger partial charge in [0, 0.05) is 10.8 Å². The van der Waals surface area contributed by atoms with Gasteiger partial charge in [-0.3, -0.25) is 0 Å². The van der Waals surface area contributed by atoms with Crippen molar-refractivity contribution in [3.8, 4) is 0 Å². The molecule has 0 fully saturated rings. The molecule has 0 bridgehead atoms. The smallest absolute Gasteiger partial charge is 0.335 e. The van der Waals surface area contributed by atoms with Crippen LogP contribution in [-0.2, 0) is 16.0 Å². The monoisotopic (exact) mass is 420 g/mol. The van der Waals surface area contributed by atoms with E-state index in [9.17, 15) is 21.6 Å². The van der Waals surface area contributed by atoms with Crippen LogP contribution in [0.3, 0.4) is 0 Å². The van der Waals surface area contributed by atoms with E-state index in [1.165, 1.54) is 18.2 Å². The predicted octanol–water partition coefficient (Wildman–Crippen LogP) is 2.88. The summed E-state index contributed by atoms with van der Waals surface area (Å²) in [6.45, 7) is 0. The van der Waals surface area contributed by atoms with Crippen LogP contribution in [0.5, 0.6) is 0 Å². The minimum absolute atomic E-state index is 0.00532. The third-order valence-corrected chi connectivity index (χ3v) is 6.36. The molecule has 2 aromatic rings. The van der Waals surface area contributed by atoms with Gasteiger partial charge in [0.25, 0.3) is 5.82 Å². The number of nitrogen functional groups attached to an aromatic ring is 1. The van der Waals surface area contributed by atoms with Gasteiger partial charge >= 0.3 is 6.18 Å². The van der Waals surface area contributed by atoms with Crippen LogP contribution in [0.4, 0.5) is 13.2 Å². The number of alkyl halides is 3. The van der Waals surface area contributed by atoms with Gasteiger partial charge in [-0.15, -0.1) is 10.2 Å². The summed E-state index contributed by atoms with van der Waals surface area (Å²) >= 11 is 12.3. The molecule has 0 aliphatic carbocycles. The van der Waals surface area contributed by atoms with Crippen molar-refractivity contribution in [3.63, 3.8) is 0 Å². The van der Waals surface area contributed by atoms with Crippen LogP contribution in [0.1, 0.15) is 5.82 Å². The summed E-state index contributed by atoms with van der Waals surface area (Å²) in [4.78, 5) is -0.150. The first-order chi connectivity index (χ1) is 11.0. The number of aromatic nitrogens is 3. The average Bonchev–Trinajstić information content (AvgIpc) is 2.82. The van der Waals surface area contributed by atoms with E-state index in [0.717, 1.165) is 11.8 Å². The van der Waals surface area contributed by atoms with Gasteiger partial charge in [-0.25, -0.2) is 13.1 Å². The molecule has 0 aliphatic heterocycles. The number of nitrogens with zero attached hydrogens (tertiary/aromatic N) is 3. The van der Waals surface area contributed by atoms with Crippen molar-refractivity contribution in [1.29, 1.82) is 0 Å². The molecule has 1 aromatic carbocycles. The lowest BCUT2D eigenvalue weighted by Crippen LogP contribution is -2.21. The normalized spacial score (nSPS) is 12.5. The van der Waals surface area contributed by atoms with Crippen LogP contribution in [0, 0.1) is 0 Å². The fourth-order valence-electron chi connectivity index (χ4n) is 1.64. The molecule has 0 radical (unpaired) electrons. The van der Waals surface area contributed by atoms with Crippen molar-refractivity contribution < 1.29 is 21.6 Å². The number of benzene rings is 1. The molecule has 1 aromatic heterocycles. The molecule has 132 valence electrons. The van der Waals surface area contributed by atoms with Gasteiger partial charge < -0.3 is 5.84 Å². The fraction of sp³-hybridized carbons (Fsp3) is 0.273. The largest absolute Gasteiger partial charge is 0.453 e. The second-order valence-corrected chi connectivity index (χ2v) is 8.40. The molecule has 0 saturated heterocycles. The van der Waals surface area contributed by atoms with Crippen LogP contribution >= 0.6 is 35.0 Å². The van der Waals surface area contributed by atoms with E-state index in [1.54, 1.807) is 0 Å². The third-order valence-electron chi connectivity index (χ3n) is 2.73. The van der Waals surface area contributed by atoms with E-state index < -0.39 is 27.6 Å². The second kappa shape index (κ2) is 6.98. The van der Waals surface area contributed by atoms with Gasteiger partial charge in [-0.05, 0) is 18.2 Å². The van der Waals surface area contributed by atoms with Crippen molar-refractivity contribution in [3.05, 3.63) is 34.1 Å². The van der Waals surface area contributed by atoms with Crippen molar-refractivity contribution in [1.82, 2.24) is 14.9 Å². The standard InChI is InChI=1S/C11H9Cl2F3N4O2S2/c12-6-1-2-7(13)8(5-6)24(21,22)4-3-23-10-19-18-9(20(10)17)11(14,15)16/h1-2,5H,3-4,17H2. The summed E-state index contributed by atoms with van der Waals surface area (Å²) < 4.78 is 62.4. The maximum Gasteiger partial charge on any atom is 0.453 e. The maximum atomic E-state index is 12.5. The summed E-state index contributed by atoms with van der Waals surface area (Å²) in [6.07, 6.45) is -4.75. The highest BCUT2D eigenvalue weighted by Crippen LogP contribution is 2.30. The Morgan fingerprint density at radius 2 is 1.92 bits per heavy atom. The van der Waals surface area contributed by atoms with Crippen molar-refractivity contribution >= 4 is 44.8 Å². The Balaban J connectivity index is 2.09. The van der Waals surface area contributed by atoms with Gasteiger partial charge in [-0.1, -0.05) is 35.0 Å². The lowest BCUT2D eigenvalue weighted by Gasteiger charge is -2.08. The SMILES string of the molecule is Nn1c(SCCS(=O)(=O)c2cc(Cl)ccc2Cl)nnc1C(F)(F)F. The molecule has 0 aliphatic rings. The molecule has 6 nitrogen and oxygen atoms in total. The van der Waals surface area contributed by atoms with E-state index >= 15 is 0 Å². The highest BCUT2D eigenvalue weighted by atomic mass is 35.5. The lowest BCUT2D eigenvalue weighted by atomic mass is 10.4. The van der Waals surface area contributed by atoms with E-state index in [1.807, 2.05) is 0 Å².